The second-order valence-corrected chi connectivity index (χ2v) is 3.67. The highest BCUT2D eigenvalue weighted by Gasteiger charge is 2.43. The van der Waals surface area contributed by atoms with E-state index in [2.05, 4.69) is 10.0 Å². The third kappa shape index (κ3) is 1.45. The molecule has 1 saturated carbocycles. The van der Waals surface area contributed by atoms with Gasteiger partial charge < -0.3 is 5.11 Å². The van der Waals surface area contributed by atoms with Gasteiger partial charge in [0.15, 0.2) is 0 Å². The van der Waals surface area contributed by atoms with Gasteiger partial charge in [0, 0.05) is 16.0 Å². The lowest BCUT2D eigenvalue weighted by Crippen LogP contribution is -2.11. The zero-order chi connectivity index (χ0) is 10.0. The van der Waals surface area contributed by atoms with Crippen LogP contribution in [0.5, 0.6) is 0 Å². The lowest BCUT2D eigenvalue weighted by atomic mass is 9.97. The molecule has 14 heavy (non-hydrogen) atoms. The van der Waals surface area contributed by atoms with E-state index < -0.39 is 0 Å². The molecule has 0 unspecified atom stereocenters. The van der Waals surface area contributed by atoms with Crippen LogP contribution >= 0.6 is 0 Å². The van der Waals surface area contributed by atoms with E-state index in [-0.39, 0.29) is 12.0 Å². The summed E-state index contributed by atoms with van der Waals surface area (Å²) in [5.41, 5.74) is 9.97. The Morgan fingerprint density at radius 3 is 2.43 bits per heavy atom. The summed E-state index contributed by atoms with van der Waals surface area (Å²) in [6, 6.07) is 7.41. The summed E-state index contributed by atoms with van der Waals surface area (Å²) in [6.07, 6.45) is 2.09. The van der Waals surface area contributed by atoms with Crippen molar-refractivity contribution in [2.45, 2.75) is 18.3 Å². The summed E-state index contributed by atoms with van der Waals surface area (Å²) in [4.78, 5) is 2.71. The normalized spacial score (nSPS) is 17.2. The molecule has 1 fully saturated rings. The van der Waals surface area contributed by atoms with E-state index in [0.717, 1.165) is 18.4 Å². The number of aliphatic hydroxyl groups excluding tert-OH is 1. The Hall–Kier alpha value is -1.51. The second-order valence-electron chi connectivity index (χ2n) is 3.67. The predicted molar refractivity (Wildman–Crippen MR) is 53.2 cm³/mol. The Balaban J connectivity index is 2.26. The van der Waals surface area contributed by atoms with Crippen molar-refractivity contribution in [3.63, 3.8) is 0 Å². The van der Waals surface area contributed by atoms with E-state index in [9.17, 15) is 5.11 Å². The van der Waals surface area contributed by atoms with Gasteiger partial charge in [-0.2, -0.15) is 0 Å². The molecule has 4 heteroatoms. The largest absolute Gasteiger partial charge is 0.395 e. The van der Waals surface area contributed by atoms with E-state index in [1.807, 2.05) is 12.1 Å². The number of azide groups is 1. The number of hydrogen-bond donors (Lipinski definition) is 1. The number of aliphatic hydroxyl groups is 1. The van der Waals surface area contributed by atoms with Crippen molar-refractivity contribution in [1.82, 2.24) is 0 Å². The van der Waals surface area contributed by atoms with E-state index in [1.54, 1.807) is 12.1 Å². The van der Waals surface area contributed by atoms with Gasteiger partial charge in [0.05, 0.1) is 6.61 Å². The molecule has 1 aromatic rings. The van der Waals surface area contributed by atoms with Gasteiger partial charge in [-0.15, -0.1) is 0 Å². The Morgan fingerprint density at radius 2 is 2.00 bits per heavy atom. The van der Waals surface area contributed by atoms with E-state index in [1.165, 1.54) is 0 Å². The molecule has 72 valence electrons. The van der Waals surface area contributed by atoms with Crippen molar-refractivity contribution in [3.05, 3.63) is 40.3 Å². The maximum atomic E-state index is 9.20. The van der Waals surface area contributed by atoms with Crippen LogP contribution in [0.3, 0.4) is 0 Å². The summed E-state index contributed by atoms with van der Waals surface area (Å²) in [7, 11) is 0. The highest BCUT2D eigenvalue weighted by atomic mass is 16.3. The van der Waals surface area contributed by atoms with Crippen LogP contribution in [0.4, 0.5) is 5.69 Å². The number of hydrogen-bond acceptors (Lipinski definition) is 2. The van der Waals surface area contributed by atoms with Crippen molar-refractivity contribution < 1.29 is 5.11 Å². The molecular weight excluding hydrogens is 178 g/mol. The molecule has 0 bridgehead atoms. The quantitative estimate of drug-likeness (QED) is 0.443. The van der Waals surface area contributed by atoms with Gasteiger partial charge in [-0.1, -0.05) is 29.4 Å². The molecule has 1 aliphatic rings. The van der Waals surface area contributed by atoms with E-state index in [4.69, 9.17) is 5.53 Å². The van der Waals surface area contributed by atoms with Crippen LogP contribution in [-0.4, -0.2) is 11.7 Å². The molecular formula is C10H11N3O. The average Bonchev–Trinajstić information content (AvgIpc) is 3.00. The highest BCUT2D eigenvalue weighted by Crippen LogP contribution is 2.47. The van der Waals surface area contributed by atoms with E-state index >= 15 is 0 Å². The summed E-state index contributed by atoms with van der Waals surface area (Å²) < 4.78 is 0. The van der Waals surface area contributed by atoms with Gasteiger partial charge >= 0.3 is 0 Å². The van der Waals surface area contributed by atoms with Crippen LogP contribution in [-0.2, 0) is 5.41 Å². The zero-order valence-electron chi connectivity index (χ0n) is 7.72. The summed E-state index contributed by atoms with van der Waals surface area (Å²) in [5.74, 6) is 0. The van der Waals surface area contributed by atoms with Gasteiger partial charge in [0.1, 0.15) is 0 Å². The minimum Gasteiger partial charge on any atom is -0.395 e. The van der Waals surface area contributed by atoms with Crippen LogP contribution < -0.4 is 0 Å². The number of rotatable bonds is 3. The first-order valence-electron chi connectivity index (χ1n) is 4.57. The van der Waals surface area contributed by atoms with Crippen molar-refractivity contribution in [2.75, 3.05) is 6.61 Å². The third-order valence-corrected chi connectivity index (χ3v) is 2.80. The molecule has 0 atom stereocenters. The highest BCUT2D eigenvalue weighted by molar-refractivity contribution is 5.42. The fourth-order valence-corrected chi connectivity index (χ4v) is 1.62. The van der Waals surface area contributed by atoms with Gasteiger partial charge in [-0.25, -0.2) is 0 Å². The second kappa shape index (κ2) is 3.33. The van der Waals surface area contributed by atoms with Crippen molar-refractivity contribution in [2.24, 2.45) is 5.11 Å². The van der Waals surface area contributed by atoms with Gasteiger partial charge in [0.2, 0.25) is 0 Å². The number of benzene rings is 1. The fourth-order valence-electron chi connectivity index (χ4n) is 1.62. The third-order valence-electron chi connectivity index (χ3n) is 2.80. The van der Waals surface area contributed by atoms with Crippen LogP contribution in [0.15, 0.2) is 29.4 Å². The fraction of sp³-hybridized carbons (Fsp3) is 0.400. The zero-order valence-corrected chi connectivity index (χ0v) is 7.72. The Kier molecular flexibility index (Phi) is 2.15. The Labute approximate surface area is 81.8 Å². The lowest BCUT2D eigenvalue weighted by molar-refractivity contribution is 0.255. The van der Waals surface area contributed by atoms with Gasteiger partial charge in [0.25, 0.3) is 0 Å². The molecule has 0 amide bonds. The molecule has 1 aliphatic carbocycles. The standard InChI is InChI=1S/C10H11N3O/c11-13-12-9-3-1-8(2-4-9)10(7-14)5-6-10/h1-4,14H,5-7H2. The molecule has 0 spiro atoms. The first-order chi connectivity index (χ1) is 6.80. The lowest BCUT2D eigenvalue weighted by Gasteiger charge is -2.11. The molecule has 0 radical (unpaired) electrons. The first-order valence-corrected chi connectivity index (χ1v) is 4.57. The summed E-state index contributed by atoms with van der Waals surface area (Å²) in [5, 5.41) is 12.7. The van der Waals surface area contributed by atoms with Crippen LogP contribution in [0, 0.1) is 0 Å². The summed E-state index contributed by atoms with van der Waals surface area (Å²) >= 11 is 0. The maximum absolute atomic E-state index is 9.20. The van der Waals surface area contributed by atoms with Gasteiger partial charge in [-0.05, 0) is 23.9 Å². The molecule has 0 saturated heterocycles. The van der Waals surface area contributed by atoms with Crippen molar-refractivity contribution in [1.29, 1.82) is 0 Å². The molecule has 1 N–H and O–H groups in total. The monoisotopic (exact) mass is 189 g/mol. The Bertz CT molecular complexity index is 375. The molecule has 1 aromatic carbocycles. The molecule has 2 rings (SSSR count). The average molecular weight is 189 g/mol. The maximum Gasteiger partial charge on any atom is 0.0527 e. The van der Waals surface area contributed by atoms with Crippen molar-refractivity contribution >= 4 is 5.69 Å². The minimum atomic E-state index is -0.00507. The number of nitrogens with zero attached hydrogens (tertiary/aromatic N) is 3. The first kappa shape index (κ1) is 9.06. The molecule has 0 aliphatic heterocycles. The van der Waals surface area contributed by atoms with Crippen LogP contribution in [0.25, 0.3) is 10.4 Å². The molecule has 0 aromatic heterocycles. The van der Waals surface area contributed by atoms with Crippen LogP contribution in [0.2, 0.25) is 0 Å². The van der Waals surface area contributed by atoms with E-state index in [0.29, 0.717) is 5.69 Å². The SMILES string of the molecule is [N-]=[N+]=Nc1ccc(C2(CO)CC2)cc1. The Morgan fingerprint density at radius 1 is 1.36 bits per heavy atom. The predicted octanol–water partition coefficient (Wildman–Crippen LogP) is 2.65. The molecule has 0 heterocycles. The summed E-state index contributed by atoms with van der Waals surface area (Å²) in [6.45, 7) is 0.202. The topological polar surface area (TPSA) is 69.0 Å². The van der Waals surface area contributed by atoms with Crippen molar-refractivity contribution in [3.8, 4) is 0 Å². The molecule has 4 nitrogen and oxygen atoms in total. The van der Waals surface area contributed by atoms with Crippen LogP contribution in [0.1, 0.15) is 18.4 Å². The van der Waals surface area contributed by atoms with Gasteiger partial charge in [-0.3, -0.25) is 0 Å². The minimum absolute atomic E-state index is 0.00507. The smallest absolute Gasteiger partial charge is 0.0527 e.